The molecule has 2 rings (SSSR count). The Morgan fingerprint density at radius 2 is 1.35 bits per heavy atom. The number of likely N-dealkylation sites (N-methyl/N-ethyl adjacent to an activating group) is 1. The summed E-state index contributed by atoms with van der Waals surface area (Å²) in [6.45, 7) is 6.56. The van der Waals surface area contributed by atoms with Gasteiger partial charge in [-0.1, -0.05) is 60.7 Å². The molecule has 23 heavy (non-hydrogen) atoms. The lowest BCUT2D eigenvalue weighted by Gasteiger charge is -2.27. The van der Waals surface area contributed by atoms with Gasteiger partial charge in [0.15, 0.2) is 0 Å². The summed E-state index contributed by atoms with van der Waals surface area (Å²) in [5.41, 5.74) is 2.72. The van der Waals surface area contributed by atoms with Crippen molar-refractivity contribution in [3.8, 4) is 0 Å². The van der Waals surface area contributed by atoms with E-state index in [2.05, 4.69) is 93.4 Å². The first-order valence-corrected chi connectivity index (χ1v) is 8.41. The number of hydrogen-bond donors (Lipinski definition) is 0. The molecule has 2 atom stereocenters. The van der Waals surface area contributed by atoms with E-state index in [-0.39, 0.29) is 0 Å². The number of benzene rings is 2. The molecule has 0 amide bonds. The van der Waals surface area contributed by atoms with Gasteiger partial charge in [0.2, 0.25) is 0 Å². The van der Waals surface area contributed by atoms with E-state index in [1.165, 1.54) is 11.1 Å². The van der Waals surface area contributed by atoms with E-state index in [9.17, 15) is 0 Å². The van der Waals surface area contributed by atoms with Crippen molar-refractivity contribution in [3.05, 3.63) is 71.8 Å². The lowest BCUT2D eigenvalue weighted by atomic mass is 10.1. The minimum Gasteiger partial charge on any atom is -0.361 e. The van der Waals surface area contributed by atoms with Crippen molar-refractivity contribution < 1.29 is 0 Å². The monoisotopic (exact) mass is 308 g/mol. The van der Waals surface area contributed by atoms with E-state index in [0.717, 1.165) is 18.7 Å². The summed E-state index contributed by atoms with van der Waals surface area (Å²) in [5, 5.41) is 0. The SMILES string of the molecule is CC(=NC(C)Cc1ccccc1)N(C)C(C)Cc1ccccc1. The van der Waals surface area contributed by atoms with Gasteiger partial charge in [-0.2, -0.15) is 0 Å². The van der Waals surface area contributed by atoms with Crippen LogP contribution in [0.3, 0.4) is 0 Å². The number of nitrogens with zero attached hydrogens (tertiary/aromatic N) is 2. The fourth-order valence-corrected chi connectivity index (χ4v) is 2.82. The minimum absolute atomic E-state index is 0.295. The highest BCUT2D eigenvalue weighted by atomic mass is 15.2. The second-order valence-electron chi connectivity index (χ2n) is 6.36. The summed E-state index contributed by atoms with van der Waals surface area (Å²) in [5.74, 6) is 1.11. The summed E-state index contributed by atoms with van der Waals surface area (Å²) in [4.78, 5) is 7.16. The molecule has 2 aromatic carbocycles. The molecule has 0 radical (unpaired) electrons. The quantitative estimate of drug-likeness (QED) is 0.562. The van der Waals surface area contributed by atoms with Gasteiger partial charge in [0, 0.05) is 13.1 Å². The third-order valence-corrected chi connectivity index (χ3v) is 4.33. The Labute approximate surface area is 140 Å². The molecular formula is C21H28N2. The maximum atomic E-state index is 4.88. The van der Waals surface area contributed by atoms with Crippen LogP contribution in [-0.2, 0) is 12.8 Å². The van der Waals surface area contributed by atoms with Crippen LogP contribution in [-0.4, -0.2) is 29.9 Å². The lowest BCUT2D eigenvalue weighted by Crippen LogP contribution is -2.35. The van der Waals surface area contributed by atoms with Crippen LogP contribution in [0.1, 0.15) is 31.9 Å². The van der Waals surface area contributed by atoms with Crippen LogP contribution >= 0.6 is 0 Å². The Morgan fingerprint density at radius 1 is 0.870 bits per heavy atom. The number of aliphatic imine (C=N–C) groups is 1. The molecule has 2 nitrogen and oxygen atoms in total. The van der Waals surface area contributed by atoms with Gasteiger partial charge in [0.05, 0.1) is 11.9 Å². The van der Waals surface area contributed by atoms with Gasteiger partial charge in [0.1, 0.15) is 0 Å². The Kier molecular flexibility index (Phi) is 6.40. The predicted octanol–water partition coefficient (Wildman–Crippen LogP) is 4.60. The molecule has 0 saturated carbocycles. The standard InChI is InChI=1S/C21H28N2/c1-17(15-20-11-7-5-8-12-20)22-19(3)23(4)18(2)16-21-13-9-6-10-14-21/h5-14,17-18H,15-16H2,1-4H3. The highest BCUT2D eigenvalue weighted by Crippen LogP contribution is 2.10. The summed E-state index contributed by atoms with van der Waals surface area (Å²) >= 11 is 0. The smallest absolute Gasteiger partial charge is 0.0960 e. The Balaban J connectivity index is 1.93. The van der Waals surface area contributed by atoms with Crippen LogP contribution in [0.2, 0.25) is 0 Å². The molecule has 0 fully saturated rings. The van der Waals surface area contributed by atoms with Crippen molar-refractivity contribution in [1.82, 2.24) is 4.90 Å². The van der Waals surface area contributed by atoms with E-state index in [1.807, 2.05) is 0 Å². The topological polar surface area (TPSA) is 15.6 Å². The van der Waals surface area contributed by atoms with Crippen LogP contribution in [0.15, 0.2) is 65.7 Å². The number of amidine groups is 1. The van der Waals surface area contributed by atoms with Gasteiger partial charge in [-0.25, -0.2) is 0 Å². The molecule has 2 aromatic rings. The zero-order valence-corrected chi connectivity index (χ0v) is 14.7. The van der Waals surface area contributed by atoms with Gasteiger partial charge >= 0.3 is 0 Å². The average Bonchev–Trinajstić information content (AvgIpc) is 2.55. The van der Waals surface area contributed by atoms with Gasteiger partial charge < -0.3 is 4.90 Å². The van der Waals surface area contributed by atoms with Crippen LogP contribution in [0.25, 0.3) is 0 Å². The van der Waals surface area contributed by atoms with Crippen LogP contribution in [0.5, 0.6) is 0 Å². The third kappa shape index (κ3) is 5.55. The zero-order valence-electron chi connectivity index (χ0n) is 14.7. The predicted molar refractivity (Wildman–Crippen MR) is 100 cm³/mol. The largest absolute Gasteiger partial charge is 0.361 e. The second-order valence-corrected chi connectivity index (χ2v) is 6.36. The fourth-order valence-electron chi connectivity index (χ4n) is 2.82. The summed E-state index contributed by atoms with van der Waals surface area (Å²) in [6.07, 6.45) is 2.02. The molecule has 0 aliphatic rings. The molecule has 2 unspecified atom stereocenters. The molecule has 122 valence electrons. The Bertz CT molecular complexity index is 604. The van der Waals surface area contributed by atoms with Crippen molar-refractivity contribution >= 4 is 5.84 Å². The first-order valence-electron chi connectivity index (χ1n) is 8.41. The molecule has 0 aromatic heterocycles. The Hall–Kier alpha value is -2.09. The van der Waals surface area contributed by atoms with Gasteiger partial charge in [0.25, 0.3) is 0 Å². The van der Waals surface area contributed by atoms with Crippen LogP contribution < -0.4 is 0 Å². The third-order valence-electron chi connectivity index (χ3n) is 4.33. The van der Waals surface area contributed by atoms with E-state index in [1.54, 1.807) is 0 Å². The zero-order chi connectivity index (χ0) is 16.7. The molecular weight excluding hydrogens is 280 g/mol. The van der Waals surface area contributed by atoms with E-state index >= 15 is 0 Å². The summed E-state index contributed by atoms with van der Waals surface area (Å²) < 4.78 is 0. The van der Waals surface area contributed by atoms with Crippen molar-refractivity contribution in [3.63, 3.8) is 0 Å². The van der Waals surface area contributed by atoms with Gasteiger partial charge in [-0.05, 0) is 44.7 Å². The lowest BCUT2D eigenvalue weighted by molar-refractivity contribution is 0.383. The number of rotatable bonds is 6. The maximum absolute atomic E-state index is 4.88. The second kappa shape index (κ2) is 8.52. The first-order chi connectivity index (χ1) is 11.1. The first kappa shape index (κ1) is 17.3. The molecule has 0 aliphatic carbocycles. The van der Waals surface area contributed by atoms with Gasteiger partial charge in [-0.15, -0.1) is 0 Å². The molecule has 2 heteroatoms. The highest BCUT2D eigenvalue weighted by molar-refractivity contribution is 5.79. The van der Waals surface area contributed by atoms with E-state index in [4.69, 9.17) is 4.99 Å². The summed E-state index contributed by atoms with van der Waals surface area (Å²) in [7, 11) is 2.14. The minimum atomic E-state index is 0.295. The van der Waals surface area contributed by atoms with Crippen LogP contribution in [0.4, 0.5) is 0 Å². The molecule has 0 bridgehead atoms. The van der Waals surface area contributed by atoms with Crippen molar-refractivity contribution in [2.24, 2.45) is 4.99 Å². The molecule has 0 heterocycles. The van der Waals surface area contributed by atoms with Crippen molar-refractivity contribution in [2.45, 2.75) is 45.7 Å². The maximum Gasteiger partial charge on any atom is 0.0960 e. The fraction of sp³-hybridized carbons (Fsp3) is 0.381. The molecule has 0 saturated heterocycles. The van der Waals surface area contributed by atoms with Gasteiger partial charge in [-0.3, -0.25) is 4.99 Å². The number of hydrogen-bond acceptors (Lipinski definition) is 1. The van der Waals surface area contributed by atoms with Crippen molar-refractivity contribution in [1.29, 1.82) is 0 Å². The van der Waals surface area contributed by atoms with Crippen LogP contribution in [0, 0.1) is 0 Å². The van der Waals surface area contributed by atoms with Crippen molar-refractivity contribution in [2.75, 3.05) is 7.05 Å². The van der Waals surface area contributed by atoms with E-state index < -0.39 is 0 Å². The highest BCUT2D eigenvalue weighted by Gasteiger charge is 2.12. The molecule has 0 N–H and O–H groups in total. The summed E-state index contributed by atoms with van der Waals surface area (Å²) in [6, 6.07) is 22.0. The normalized spacial score (nSPS) is 14.3. The molecule has 0 aliphatic heterocycles. The average molecular weight is 308 g/mol. The molecule has 0 spiro atoms. The Morgan fingerprint density at radius 3 is 1.87 bits per heavy atom. The van der Waals surface area contributed by atoms with E-state index in [0.29, 0.717) is 12.1 Å².